The van der Waals surface area contributed by atoms with E-state index in [0.717, 1.165) is 6.42 Å². The smallest absolute Gasteiger partial charge is 0.223 e. The summed E-state index contributed by atoms with van der Waals surface area (Å²) in [6.45, 7) is 4.51. The summed E-state index contributed by atoms with van der Waals surface area (Å²) in [5.41, 5.74) is 0.260. The van der Waals surface area contributed by atoms with Crippen LogP contribution < -0.4 is 5.32 Å². The van der Waals surface area contributed by atoms with Crippen LogP contribution in [0.4, 0.5) is 10.3 Å². The van der Waals surface area contributed by atoms with Gasteiger partial charge in [0, 0.05) is 6.04 Å². The summed E-state index contributed by atoms with van der Waals surface area (Å²) in [4.78, 5) is 7.88. The van der Waals surface area contributed by atoms with Crippen LogP contribution in [0.5, 0.6) is 0 Å². The third-order valence-electron chi connectivity index (χ3n) is 3.43. The Bertz CT molecular complexity index is 348. The van der Waals surface area contributed by atoms with Crippen LogP contribution in [0.3, 0.4) is 0 Å². The van der Waals surface area contributed by atoms with Crippen molar-refractivity contribution in [3.63, 3.8) is 0 Å². The summed E-state index contributed by atoms with van der Waals surface area (Å²) in [6.07, 6.45) is 7.27. The minimum Gasteiger partial charge on any atom is -0.351 e. The maximum atomic E-state index is 12.7. The number of nitrogens with zero attached hydrogens (tertiary/aromatic N) is 2. The predicted octanol–water partition coefficient (Wildman–Crippen LogP) is 3.00. The molecule has 1 atom stereocenters. The van der Waals surface area contributed by atoms with Crippen LogP contribution in [0.1, 0.15) is 39.5 Å². The van der Waals surface area contributed by atoms with Gasteiger partial charge in [0.2, 0.25) is 5.95 Å². The molecule has 0 spiro atoms. The molecule has 1 N–H and O–H groups in total. The molecule has 0 aliphatic heterocycles. The Morgan fingerprint density at radius 1 is 1.31 bits per heavy atom. The van der Waals surface area contributed by atoms with Crippen LogP contribution in [0, 0.1) is 11.2 Å². The first-order valence-electron chi connectivity index (χ1n) is 5.82. The lowest BCUT2D eigenvalue weighted by atomic mass is 9.73. The Hall–Kier alpha value is -1.19. The van der Waals surface area contributed by atoms with Gasteiger partial charge in [-0.1, -0.05) is 26.7 Å². The Balaban J connectivity index is 2.05. The average Bonchev–Trinajstić information content (AvgIpc) is 2.24. The summed E-state index contributed by atoms with van der Waals surface area (Å²) < 4.78 is 12.7. The zero-order valence-electron chi connectivity index (χ0n) is 9.83. The van der Waals surface area contributed by atoms with Gasteiger partial charge in [0.1, 0.15) is 0 Å². The number of aromatic nitrogens is 2. The van der Waals surface area contributed by atoms with Crippen molar-refractivity contribution >= 4 is 5.95 Å². The lowest BCUT2D eigenvalue weighted by Gasteiger charge is -2.38. The fourth-order valence-corrected chi connectivity index (χ4v) is 2.30. The molecule has 1 aromatic rings. The van der Waals surface area contributed by atoms with Crippen LogP contribution >= 0.6 is 0 Å². The number of anilines is 1. The third-order valence-corrected chi connectivity index (χ3v) is 3.43. The molecule has 3 nitrogen and oxygen atoms in total. The van der Waals surface area contributed by atoms with Crippen molar-refractivity contribution < 1.29 is 4.39 Å². The fraction of sp³-hybridized carbons (Fsp3) is 0.667. The Morgan fingerprint density at radius 3 is 2.62 bits per heavy atom. The molecule has 0 saturated heterocycles. The van der Waals surface area contributed by atoms with Gasteiger partial charge in [-0.05, 0) is 18.3 Å². The molecule has 16 heavy (non-hydrogen) atoms. The minimum absolute atomic E-state index is 0.260. The molecule has 1 aromatic heterocycles. The van der Waals surface area contributed by atoms with E-state index < -0.39 is 5.82 Å². The van der Waals surface area contributed by atoms with Crippen molar-refractivity contribution in [3.8, 4) is 0 Å². The summed E-state index contributed by atoms with van der Waals surface area (Å²) >= 11 is 0. The second kappa shape index (κ2) is 4.36. The van der Waals surface area contributed by atoms with Crippen molar-refractivity contribution in [3.05, 3.63) is 18.2 Å². The molecule has 0 amide bonds. The van der Waals surface area contributed by atoms with Crippen LogP contribution in [0.25, 0.3) is 0 Å². The number of hydrogen-bond acceptors (Lipinski definition) is 3. The molecular formula is C12H18FN3. The van der Waals surface area contributed by atoms with Crippen molar-refractivity contribution in [2.45, 2.75) is 45.6 Å². The summed E-state index contributed by atoms with van der Waals surface area (Å²) in [6, 6.07) is 0.381. The molecule has 0 aromatic carbocycles. The first-order chi connectivity index (χ1) is 7.58. The molecule has 88 valence electrons. The highest BCUT2D eigenvalue weighted by Gasteiger charge is 2.32. The second-order valence-corrected chi connectivity index (χ2v) is 5.16. The fourth-order valence-electron chi connectivity index (χ4n) is 2.30. The van der Waals surface area contributed by atoms with E-state index in [1.54, 1.807) is 0 Å². The van der Waals surface area contributed by atoms with E-state index in [2.05, 4.69) is 29.1 Å². The third kappa shape index (κ3) is 2.49. The van der Waals surface area contributed by atoms with Gasteiger partial charge in [0.15, 0.2) is 5.82 Å². The van der Waals surface area contributed by atoms with E-state index >= 15 is 0 Å². The van der Waals surface area contributed by atoms with Crippen LogP contribution in [-0.4, -0.2) is 16.0 Å². The Morgan fingerprint density at radius 2 is 2.00 bits per heavy atom. The number of halogens is 1. The van der Waals surface area contributed by atoms with E-state index in [0.29, 0.717) is 12.0 Å². The molecule has 1 unspecified atom stereocenters. The van der Waals surface area contributed by atoms with Gasteiger partial charge in [-0.25, -0.2) is 14.4 Å². The van der Waals surface area contributed by atoms with Crippen molar-refractivity contribution in [2.24, 2.45) is 5.41 Å². The Labute approximate surface area is 95.5 Å². The van der Waals surface area contributed by atoms with Crippen molar-refractivity contribution in [1.29, 1.82) is 0 Å². The van der Waals surface area contributed by atoms with E-state index in [4.69, 9.17) is 0 Å². The van der Waals surface area contributed by atoms with Gasteiger partial charge in [0.05, 0.1) is 12.4 Å². The quantitative estimate of drug-likeness (QED) is 0.837. The highest BCUT2D eigenvalue weighted by Crippen LogP contribution is 2.36. The molecule has 0 bridgehead atoms. The summed E-state index contributed by atoms with van der Waals surface area (Å²) in [5, 5.41) is 3.31. The molecule has 2 rings (SSSR count). The van der Waals surface area contributed by atoms with Gasteiger partial charge in [-0.2, -0.15) is 0 Å². The molecular weight excluding hydrogens is 205 g/mol. The van der Waals surface area contributed by atoms with Crippen molar-refractivity contribution in [2.75, 3.05) is 5.32 Å². The molecule has 1 aliphatic carbocycles. The van der Waals surface area contributed by atoms with E-state index in [-0.39, 0.29) is 5.41 Å². The maximum absolute atomic E-state index is 12.7. The van der Waals surface area contributed by atoms with Crippen LogP contribution in [-0.2, 0) is 0 Å². The van der Waals surface area contributed by atoms with Gasteiger partial charge in [-0.3, -0.25) is 0 Å². The largest absolute Gasteiger partial charge is 0.351 e. The highest BCUT2D eigenvalue weighted by molar-refractivity contribution is 5.26. The first-order valence-corrected chi connectivity index (χ1v) is 5.82. The normalized spacial score (nSPS) is 24.1. The second-order valence-electron chi connectivity index (χ2n) is 5.16. The van der Waals surface area contributed by atoms with E-state index in [1.807, 2.05) is 0 Å². The SMILES string of the molecule is CC1(C)CCCCC1Nc1ncc(F)cn1. The van der Waals surface area contributed by atoms with E-state index in [1.165, 1.54) is 31.7 Å². The molecule has 1 aliphatic rings. The molecule has 1 saturated carbocycles. The number of rotatable bonds is 2. The average molecular weight is 223 g/mol. The Kier molecular flexibility index (Phi) is 3.08. The summed E-state index contributed by atoms with van der Waals surface area (Å²) in [5.74, 6) is 0.134. The van der Waals surface area contributed by atoms with Crippen LogP contribution in [0.2, 0.25) is 0 Å². The topological polar surface area (TPSA) is 37.8 Å². The lowest BCUT2D eigenvalue weighted by Crippen LogP contribution is -2.39. The van der Waals surface area contributed by atoms with Crippen LogP contribution in [0.15, 0.2) is 12.4 Å². The highest BCUT2D eigenvalue weighted by atomic mass is 19.1. The van der Waals surface area contributed by atoms with E-state index in [9.17, 15) is 4.39 Å². The molecule has 0 radical (unpaired) electrons. The molecule has 1 fully saturated rings. The minimum atomic E-state index is -0.395. The van der Waals surface area contributed by atoms with Gasteiger partial charge in [0.25, 0.3) is 0 Å². The summed E-state index contributed by atoms with van der Waals surface area (Å²) in [7, 11) is 0. The van der Waals surface area contributed by atoms with Crippen molar-refractivity contribution in [1.82, 2.24) is 9.97 Å². The molecule has 1 heterocycles. The van der Waals surface area contributed by atoms with Gasteiger partial charge < -0.3 is 5.32 Å². The van der Waals surface area contributed by atoms with Gasteiger partial charge in [-0.15, -0.1) is 0 Å². The number of nitrogens with one attached hydrogen (secondary N) is 1. The first kappa shape index (κ1) is 11.3. The number of hydrogen-bond donors (Lipinski definition) is 1. The zero-order valence-corrected chi connectivity index (χ0v) is 9.83. The maximum Gasteiger partial charge on any atom is 0.223 e. The zero-order chi connectivity index (χ0) is 11.6. The lowest BCUT2D eigenvalue weighted by molar-refractivity contribution is 0.216. The standard InChI is InChI=1S/C12H18FN3/c1-12(2)6-4-3-5-10(12)16-11-14-7-9(13)8-15-11/h7-8,10H,3-6H2,1-2H3,(H,14,15,16). The van der Waals surface area contributed by atoms with Gasteiger partial charge >= 0.3 is 0 Å². The molecule has 4 heteroatoms. The monoisotopic (exact) mass is 223 g/mol. The predicted molar refractivity (Wildman–Crippen MR) is 61.6 cm³/mol.